The Labute approximate surface area is 179 Å². The zero-order valence-corrected chi connectivity index (χ0v) is 18.2. The Hall–Kier alpha value is -1.97. The molecule has 0 radical (unpaired) electrons. The molecule has 1 saturated carbocycles. The fourth-order valence-corrected chi connectivity index (χ4v) is 4.55. The molecule has 1 aromatic carbocycles. The molecule has 3 aromatic rings. The Morgan fingerprint density at radius 1 is 1.00 bits per heavy atom. The summed E-state index contributed by atoms with van der Waals surface area (Å²) >= 11 is 6.93. The SMILES string of the molecule is Nc1c(Br)cc(Nc2ncnc3cnc(N[C@H]4CC[C@H](O)CC4)cc23)cc1Br. The van der Waals surface area contributed by atoms with Gasteiger partial charge in [-0.3, -0.25) is 0 Å². The van der Waals surface area contributed by atoms with Crippen LogP contribution in [-0.4, -0.2) is 32.2 Å². The molecule has 1 aliphatic rings. The minimum atomic E-state index is -0.176. The monoisotopic (exact) mass is 506 g/mol. The predicted octanol–water partition coefficient (Wildman–Crippen LogP) is 4.59. The molecule has 0 unspecified atom stereocenters. The van der Waals surface area contributed by atoms with Crippen LogP contribution >= 0.6 is 31.9 Å². The molecule has 0 spiro atoms. The van der Waals surface area contributed by atoms with E-state index < -0.39 is 0 Å². The van der Waals surface area contributed by atoms with Gasteiger partial charge in [0.2, 0.25) is 0 Å². The summed E-state index contributed by atoms with van der Waals surface area (Å²) < 4.78 is 1.59. The molecule has 28 heavy (non-hydrogen) atoms. The molecular weight excluding hydrogens is 488 g/mol. The van der Waals surface area contributed by atoms with E-state index >= 15 is 0 Å². The van der Waals surface area contributed by atoms with Crippen molar-refractivity contribution in [3.63, 3.8) is 0 Å². The molecule has 146 valence electrons. The molecule has 1 fully saturated rings. The van der Waals surface area contributed by atoms with Gasteiger partial charge in [0.05, 0.1) is 23.5 Å². The summed E-state index contributed by atoms with van der Waals surface area (Å²) in [5, 5.41) is 17.4. The van der Waals surface area contributed by atoms with Crippen molar-refractivity contribution in [3.8, 4) is 0 Å². The Kier molecular flexibility index (Phi) is 5.65. The quantitative estimate of drug-likeness (QED) is 0.382. The summed E-state index contributed by atoms with van der Waals surface area (Å²) in [6.45, 7) is 0. The first kappa shape index (κ1) is 19.4. The van der Waals surface area contributed by atoms with Crippen LogP contribution in [0.2, 0.25) is 0 Å². The van der Waals surface area contributed by atoms with E-state index in [1.165, 1.54) is 6.33 Å². The van der Waals surface area contributed by atoms with Crippen molar-refractivity contribution in [2.24, 2.45) is 0 Å². The third-order valence-electron chi connectivity index (χ3n) is 4.91. The van der Waals surface area contributed by atoms with Crippen LogP contribution in [0.25, 0.3) is 10.9 Å². The van der Waals surface area contributed by atoms with Crippen LogP contribution in [0, 0.1) is 0 Å². The maximum atomic E-state index is 9.68. The Bertz CT molecular complexity index is 984. The smallest absolute Gasteiger partial charge is 0.141 e. The molecule has 0 bridgehead atoms. The van der Waals surface area contributed by atoms with Crippen LogP contribution in [0.3, 0.4) is 0 Å². The lowest BCUT2D eigenvalue weighted by Gasteiger charge is -2.26. The molecule has 2 heterocycles. The van der Waals surface area contributed by atoms with E-state index in [2.05, 4.69) is 57.4 Å². The van der Waals surface area contributed by atoms with Crippen LogP contribution in [0.4, 0.5) is 23.0 Å². The second kappa shape index (κ2) is 8.18. The van der Waals surface area contributed by atoms with E-state index in [-0.39, 0.29) is 6.10 Å². The maximum Gasteiger partial charge on any atom is 0.141 e. The van der Waals surface area contributed by atoms with Gasteiger partial charge < -0.3 is 21.5 Å². The molecule has 2 aromatic heterocycles. The lowest BCUT2D eigenvalue weighted by molar-refractivity contribution is 0.126. The Morgan fingerprint density at radius 3 is 2.43 bits per heavy atom. The van der Waals surface area contributed by atoms with Crippen LogP contribution in [-0.2, 0) is 0 Å². The van der Waals surface area contributed by atoms with Crippen LogP contribution in [0.15, 0.2) is 39.7 Å². The van der Waals surface area contributed by atoms with E-state index in [4.69, 9.17) is 5.73 Å². The zero-order valence-electron chi connectivity index (χ0n) is 15.0. The first-order valence-electron chi connectivity index (χ1n) is 9.06. The van der Waals surface area contributed by atoms with Crippen molar-refractivity contribution in [2.45, 2.75) is 37.8 Å². The number of aliphatic hydroxyl groups is 1. The van der Waals surface area contributed by atoms with Gasteiger partial charge in [-0.05, 0) is 75.7 Å². The molecule has 5 N–H and O–H groups in total. The number of nitrogens with one attached hydrogen (secondary N) is 2. The van der Waals surface area contributed by atoms with Gasteiger partial charge >= 0.3 is 0 Å². The van der Waals surface area contributed by atoms with Crippen molar-refractivity contribution >= 4 is 65.8 Å². The summed E-state index contributed by atoms with van der Waals surface area (Å²) in [7, 11) is 0. The number of rotatable bonds is 4. The average Bonchev–Trinajstić information content (AvgIpc) is 2.68. The first-order valence-corrected chi connectivity index (χ1v) is 10.6. The molecule has 0 atom stereocenters. The Balaban J connectivity index is 1.61. The number of benzene rings is 1. The van der Waals surface area contributed by atoms with E-state index in [0.29, 0.717) is 17.5 Å². The number of aromatic nitrogens is 3. The van der Waals surface area contributed by atoms with Crippen LogP contribution in [0.5, 0.6) is 0 Å². The van der Waals surface area contributed by atoms with E-state index in [0.717, 1.165) is 57.0 Å². The van der Waals surface area contributed by atoms with Crippen LogP contribution in [0.1, 0.15) is 25.7 Å². The summed E-state index contributed by atoms with van der Waals surface area (Å²) in [4.78, 5) is 13.2. The van der Waals surface area contributed by atoms with Crippen molar-refractivity contribution in [1.82, 2.24) is 15.0 Å². The topological polar surface area (TPSA) is 109 Å². The highest BCUT2D eigenvalue weighted by atomic mass is 79.9. The number of halogens is 2. The van der Waals surface area contributed by atoms with Gasteiger partial charge in [-0.25, -0.2) is 15.0 Å². The van der Waals surface area contributed by atoms with E-state index in [1.807, 2.05) is 18.2 Å². The van der Waals surface area contributed by atoms with Gasteiger partial charge in [0.15, 0.2) is 0 Å². The lowest BCUT2D eigenvalue weighted by Crippen LogP contribution is -2.28. The fourth-order valence-electron chi connectivity index (χ4n) is 3.36. The van der Waals surface area contributed by atoms with Gasteiger partial charge in [-0.15, -0.1) is 0 Å². The summed E-state index contributed by atoms with van der Waals surface area (Å²) in [6.07, 6.45) is 6.60. The number of hydrogen-bond donors (Lipinski definition) is 4. The number of nitrogens with zero attached hydrogens (tertiary/aromatic N) is 3. The highest BCUT2D eigenvalue weighted by Crippen LogP contribution is 2.34. The summed E-state index contributed by atoms with van der Waals surface area (Å²) in [5.41, 5.74) is 8.23. The van der Waals surface area contributed by atoms with E-state index in [9.17, 15) is 5.11 Å². The molecule has 0 aliphatic heterocycles. The third kappa shape index (κ3) is 4.21. The minimum Gasteiger partial charge on any atom is -0.397 e. The second-order valence-electron chi connectivity index (χ2n) is 6.94. The highest BCUT2D eigenvalue weighted by Gasteiger charge is 2.19. The van der Waals surface area contributed by atoms with Gasteiger partial charge in [-0.1, -0.05) is 0 Å². The fraction of sp³-hybridized carbons (Fsp3) is 0.316. The number of nitrogens with two attached hydrogens (primary N) is 1. The largest absolute Gasteiger partial charge is 0.397 e. The third-order valence-corrected chi connectivity index (χ3v) is 6.22. The van der Waals surface area contributed by atoms with E-state index in [1.54, 1.807) is 6.20 Å². The van der Waals surface area contributed by atoms with Gasteiger partial charge in [-0.2, -0.15) is 0 Å². The number of pyridine rings is 1. The zero-order chi connectivity index (χ0) is 19.7. The second-order valence-corrected chi connectivity index (χ2v) is 8.65. The van der Waals surface area contributed by atoms with Crippen LogP contribution < -0.4 is 16.4 Å². The molecule has 9 heteroatoms. The van der Waals surface area contributed by atoms with Gasteiger partial charge in [0.1, 0.15) is 18.0 Å². The van der Waals surface area contributed by atoms with Crippen molar-refractivity contribution in [3.05, 3.63) is 39.7 Å². The van der Waals surface area contributed by atoms with Crippen molar-refractivity contribution in [1.29, 1.82) is 0 Å². The number of anilines is 4. The maximum absolute atomic E-state index is 9.68. The molecular formula is C19H20Br2N6O. The summed E-state index contributed by atoms with van der Waals surface area (Å²) in [5.74, 6) is 1.48. The standard InChI is InChI=1S/C19H20Br2N6O/c20-14-5-11(6-15(21)18(14)22)27-19-13-7-17(23-8-16(13)24-9-25-19)26-10-1-3-12(28)4-2-10/h5-10,12,28H,1-4,22H2,(H,23,26)(H,24,25,27)/t10-,12-. The van der Waals surface area contributed by atoms with Crippen molar-refractivity contribution < 1.29 is 5.11 Å². The molecule has 0 saturated heterocycles. The minimum absolute atomic E-state index is 0.176. The average molecular weight is 508 g/mol. The molecule has 4 rings (SSSR count). The summed E-state index contributed by atoms with van der Waals surface area (Å²) in [6, 6.07) is 6.09. The predicted molar refractivity (Wildman–Crippen MR) is 119 cm³/mol. The first-order chi connectivity index (χ1) is 13.5. The lowest BCUT2D eigenvalue weighted by atomic mass is 9.93. The molecule has 7 nitrogen and oxygen atoms in total. The number of hydrogen-bond acceptors (Lipinski definition) is 7. The number of aliphatic hydroxyl groups excluding tert-OH is 1. The van der Waals surface area contributed by atoms with Gasteiger partial charge in [0, 0.05) is 26.1 Å². The molecule has 0 amide bonds. The normalized spacial score (nSPS) is 19.5. The molecule has 1 aliphatic carbocycles. The number of nitrogen functional groups attached to an aromatic ring is 1. The van der Waals surface area contributed by atoms with Gasteiger partial charge in [0.25, 0.3) is 0 Å². The van der Waals surface area contributed by atoms with Crippen molar-refractivity contribution in [2.75, 3.05) is 16.4 Å². The Morgan fingerprint density at radius 2 is 1.71 bits per heavy atom. The highest BCUT2D eigenvalue weighted by molar-refractivity contribution is 9.11. The number of fused-ring (bicyclic) bond motifs is 1.